The van der Waals surface area contributed by atoms with E-state index in [9.17, 15) is 9.59 Å². The van der Waals surface area contributed by atoms with Crippen molar-refractivity contribution in [1.82, 2.24) is 15.2 Å². The Morgan fingerprint density at radius 1 is 1.09 bits per heavy atom. The number of nitrogens with one attached hydrogen (secondary N) is 1. The highest BCUT2D eigenvalue weighted by atomic mass is 32.1. The van der Waals surface area contributed by atoms with Crippen LogP contribution in [0.3, 0.4) is 0 Å². The van der Waals surface area contributed by atoms with Gasteiger partial charge in [0.2, 0.25) is 6.41 Å². The largest absolute Gasteiger partial charge is 0.338 e. The summed E-state index contributed by atoms with van der Waals surface area (Å²) in [5.41, 5.74) is 2.74. The van der Waals surface area contributed by atoms with Crippen molar-refractivity contribution in [2.24, 2.45) is 0 Å². The zero-order chi connectivity index (χ0) is 23.6. The highest BCUT2D eigenvalue weighted by Crippen LogP contribution is 2.30. The summed E-state index contributed by atoms with van der Waals surface area (Å²) in [5, 5.41) is 5.75. The van der Waals surface area contributed by atoms with E-state index in [4.69, 9.17) is 0 Å². The Labute approximate surface area is 197 Å². The molecule has 2 rings (SSSR count). The number of anilines is 1. The number of aromatic nitrogens is 1. The zero-order valence-corrected chi connectivity index (χ0v) is 21.0. The number of nitrogens with zero attached hydrogens (tertiary/aromatic N) is 3. The molecule has 32 heavy (non-hydrogen) atoms. The summed E-state index contributed by atoms with van der Waals surface area (Å²) in [7, 11) is 0. The second-order valence-corrected chi connectivity index (χ2v) is 9.87. The van der Waals surface area contributed by atoms with E-state index in [1.54, 1.807) is 4.90 Å². The lowest BCUT2D eigenvalue weighted by Gasteiger charge is -2.29. The van der Waals surface area contributed by atoms with E-state index < -0.39 is 0 Å². The third kappa shape index (κ3) is 7.62. The van der Waals surface area contributed by atoms with Gasteiger partial charge in [-0.3, -0.25) is 9.69 Å². The molecule has 0 bridgehead atoms. The van der Waals surface area contributed by atoms with Crippen LogP contribution < -0.4 is 10.2 Å². The molecular weight excluding hydrogens is 420 g/mol. The molecule has 0 aliphatic carbocycles. The molecule has 1 aromatic carbocycles. The quantitative estimate of drug-likeness (QED) is 0.413. The topological polar surface area (TPSA) is 65.5 Å². The number of unbranched alkanes of at least 4 members (excludes halogenated alkanes) is 2. The predicted octanol–water partition coefficient (Wildman–Crippen LogP) is 5.73. The second kappa shape index (κ2) is 12.6. The van der Waals surface area contributed by atoms with Gasteiger partial charge in [0.15, 0.2) is 5.13 Å². The predicted molar refractivity (Wildman–Crippen MR) is 134 cm³/mol. The molecule has 0 fully saturated rings. The number of carbonyl (C=O) groups is 2. The van der Waals surface area contributed by atoms with Gasteiger partial charge in [0, 0.05) is 36.1 Å². The molecule has 0 spiro atoms. The SMILES string of the molecule is CCCCN(CCCC)C(=O)NCCc1ccc(-c2csc(N(C=O)C(C)(C)C)n2)cc1. The molecule has 0 saturated carbocycles. The molecule has 176 valence electrons. The van der Waals surface area contributed by atoms with Gasteiger partial charge in [-0.25, -0.2) is 9.78 Å². The van der Waals surface area contributed by atoms with E-state index in [2.05, 4.69) is 36.3 Å². The Hall–Kier alpha value is -2.41. The number of thiazole rings is 1. The van der Waals surface area contributed by atoms with E-state index in [-0.39, 0.29) is 11.6 Å². The Morgan fingerprint density at radius 2 is 1.72 bits per heavy atom. The zero-order valence-electron chi connectivity index (χ0n) is 20.2. The van der Waals surface area contributed by atoms with Crippen LogP contribution in [-0.4, -0.2) is 47.5 Å². The van der Waals surface area contributed by atoms with Crippen LogP contribution in [0.25, 0.3) is 11.3 Å². The molecule has 1 aromatic heterocycles. The highest BCUT2D eigenvalue weighted by Gasteiger charge is 2.24. The fraction of sp³-hybridized carbons (Fsp3) is 0.560. The molecule has 0 aliphatic heterocycles. The van der Waals surface area contributed by atoms with Gasteiger partial charge in [-0.05, 0) is 45.6 Å². The van der Waals surface area contributed by atoms with E-state index in [0.29, 0.717) is 11.7 Å². The molecule has 7 heteroatoms. The second-order valence-electron chi connectivity index (χ2n) is 9.03. The van der Waals surface area contributed by atoms with Crippen molar-refractivity contribution in [2.45, 2.75) is 72.3 Å². The third-order valence-electron chi connectivity index (χ3n) is 5.32. The van der Waals surface area contributed by atoms with Crippen molar-refractivity contribution in [2.75, 3.05) is 24.5 Å². The molecule has 3 amide bonds. The van der Waals surface area contributed by atoms with Crippen LogP contribution in [-0.2, 0) is 11.2 Å². The van der Waals surface area contributed by atoms with E-state index >= 15 is 0 Å². The first-order valence-electron chi connectivity index (χ1n) is 11.6. The van der Waals surface area contributed by atoms with Crippen molar-refractivity contribution in [3.63, 3.8) is 0 Å². The maximum absolute atomic E-state index is 12.5. The first kappa shape index (κ1) is 25.8. The lowest BCUT2D eigenvalue weighted by Crippen LogP contribution is -2.41. The molecule has 1 N–H and O–H groups in total. The normalized spacial score (nSPS) is 11.3. The van der Waals surface area contributed by atoms with E-state index in [1.807, 2.05) is 43.2 Å². The smallest absolute Gasteiger partial charge is 0.317 e. The number of hydrogen-bond acceptors (Lipinski definition) is 4. The summed E-state index contributed by atoms with van der Waals surface area (Å²) < 4.78 is 0. The van der Waals surface area contributed by atoms with Gasteiger partial charge in [0.1, 0.15) is 0 Å². The number of hydrogen-bond donors (Lipinski definition) is 1. The Bertz CT molecular complexity index is 834. The van der Waals surface area contributed by atoms with Gasteiger partial charge in [-0.15, -0.1) is 11.3 Å². The molecule has 0 aliphatic rings. The summed E-state index contributed by atoms with van der Waals surface area (Å²) >= 11 is 1.47. The Balaban J connectivity index is 1.92. The highest BCUT2D eigenvalue weighted by molar-refractivity contribution is 7.14. The summed E-state index contributed by atoms with van der Waals surface area (Å²) in [6.07, 6.45) is 5.88. The van der Waals surface area contributed by atoms with Gasteiger partial charge in [-0.1, -0.05) is 51.0 Å². The molecule has 2 aromatic rings. The van der Waals surface area contributed by atoms with Crippen LogP contribution in [0.15, 0.2) is 29.6 Å². The van der Waals surface area contributed by atoms with Crippen LogP contribution in [0.4, 0.5) is 9.93 Å². The van der Waals surface area contributed by atoms with Gasteiger partial charge in [0.25, 0.3) is 0 Å². The van der Waals surface area contributed by atoms with Crippen molar-refractivity contribution in [3.05, 3.63) is 35.2 Å². The number of benzene rings is 1. The minimum absolute atomic E-state index is 0.0390. The number of carbonyl (C=O) groups excluding carboxylic acids is 2. The van der Waals surface area contributed by atoms with Crippen molar-refractivity contribution >= 4 is 28.9 Å². The molecule has 0 unspecified atom stereocenters. The monoisotopic (exact) mass is 458 g/mol. The van der Waals surface area contributed by atoms with Crippen LogP contribution >= 0.6 is 11.3 Å². The first-order chi connectivity index (χ1) is 15.3. The summed E-state index contributed by atoms with van der Waals surface area (Å²) in [4.78, 5) is 32.3. The molecule has 6 nitrogen and oxygen atoms in total. The average Bonchev–Trinajstić information content (AvgIpc) is 3.23. The van der Waals surface area contributed by atoms with E-state index in [0.717, 1.165) is 62.9 Å². The fourth-order valence-electron chi connectivity index (χ4n) is 3.28. The average molecular weight is 459 g/mol. The third-order valence-corrected chi connectivity index (χ3v) is 6.16. The molecule has 0 radical (unpaired) electrons. The van der Waals surface area contributed by atoms with E-state index in [1.165, 1.54) is 16.9 Å². The van der Waals surface area contributed by atoms with Crippen molar-refractivity contribution in [3.8, 4) is 11.3 Å². The molecule has 0 saturated heterocycles. The van der Waals surface area contributed by atoms with Crippen LogP contribution in [0.5, 0.6) is 0 Å². The van der Waals surface area contributed by atoms with Gasteiger partial charge < -0.3 is 10.2 Å². The summed E-state index contributed by atoms with van der Waals surface area (Å²) in [5.74, 6) is 0. The van der Waals surface area contributed by atoms with Crippen molar-refractivity contribution in [1.29, 1.82) is 0 Å². The van der Waals surface area contributed by atoms with Gasteiger partial charge in [0.05, 0.1) is 5.69 Å². The molecule has 0 atom stereocenters. The maximum atomic E-state index is 12.5. The van der Waals surface area contributed by atoms with Gasteiger partial charge in [-0.2, -0.15) is 0 Å². The standard InChI is InChI=1S/C25H38N4O2S/c1-6-8-16-28(17-9-7-2)23(31)26-15-14-20-10-12-21(13-11-20)22-18-32-24(27-22)29(19-30)25(3,4)5/h10-13,18-19H,6-9,14-17H2,1-5H3,(H,26,31). The minimum atomic E-state index is -0.312. The fourth-order valence-corrected chi connectivity index (χ4v) is 4.27. The van der Waals surface area contributed by atoms with Crippen molar-refractivity contribution < 1.29 is 9.59 Å². The lowest BCUT2D eigenvalue weighted by atomic mass is 10.1. The lowest BCUT2D eigenvalue weighted by molar-refractivity contribution is -0.108. The number of rotatable bonds is 12. The Morgan fingerprint density at radius 3 is 2.25 bits per heavy atom. The first-order valence-corrected chi connectivity index (χ1v) is 12.5. The van der Waals surface area contributed by atoms with Gasteiger partial charge >= 0.3 is 6.03 Å². The molecule has 1 heterocycles. The number of amides is 3. The summed E-state index contributed by atoms with van der Waals surface area (Å²) in [6, 6.07) is 8.29. The van der Waals surface area contributed by atoms with Crippen LogP contribution in [0, 0.1) is 0 Å². The number of urea groups is 1. The van der Waals surface area contributed by atoms with Crippen LogP contribution in [0.1, 0.15) is 65.9 Å². The Kier molecular flexibility index (Phi) is 10.2. The van der Waals surface area contributed by atoms with Crippen LogP contribution in [0.2, 0.25) is 0 Å². The minimum Gasteiger partial charge on any atom is -0.338 e. The molecular formula is C25H38N4O2S. The summed E-state index contributed by atoms with van der Waals surface area (Å²) in [6.45, 7) is 12.5. The maximum Gasteiger partial charge on any atom is 0.317 e.